The van der Waals surface area contributed by atoms with Crippen molar-refractivity contribution >= 4 is 35.0 Å². The summed E-state index contributed by atoms with van der Waals surface area (Å²) in [6.45, 7) is 3.65. The van der Waals surface area contributed by atoms with Gasteiger partial charge in [-0.2, -0.15) is 0 Å². The van der Waals surface area contributed by atoms with E-state index < -0.39 is 23.7 Å². The maximum atomic E-state index is 12.4. The minimum atomic E-state index is -0.606. The zero-order valence-corrected chi connectivity index (χ0v) is 15.9. The number of benzene rings is 1. The molecule has 0 atom stereocenters. The second kappa shape index (κ2) is 8.75. The fraction of sp³-hybridized carbons (Fsp3) is 0.389. The average molecular weight is 379 g/mol. The lowest BCUT2D eigenvalue weighted by Gasteiger charge is -2.12. The van der Waals surface area contributed by atoms with E-state index in [1.807, 2.05) is 13.8 Å². The van der Waals surface area contributed by atoms with Crippen molar-refractivity contribution in [2.24, 2.45) is 5.92 Å². The molecular formula is C18H21NO6S. The van der Waals surface area contributed by atoms with Gasteiger partial charge in [-0.25, -0.2) is 0 Å². The van der Waals surface area contributed by atoms with Crippen LogP contribution in [0.4, 0.5) is 4.79 Å². The summed E-state index contributed by atoms with van der Waals surface area (Å²) in [5.74, 6) is 0.171. The predicted molar refractivity (Wildman–Crippen MR) is 98.0 cm³/mol. The highest BCUT2D eigenvalue weighted by Gasteiger charge is 2.36. The Morgan fingerprint density at radius 1 is 1.15 bits per heavy atom. The van der Waals surface area contributed by atoms with Crippen molar-refractivity contribution < 1.29 is 28.6 Å². The number of ether oxygens (including phenoxy) is 3. The van der Waals surface area contributed by atoms with Gasteiger partial charge in [-0.1, -0.05) is 13.8 Å². The number of nitrogens with zero attached hydrogens (tertiary/aromatic N) is 1. The van der Waals surface area contributed by atoms with Crippen LogP contribution in [0.3, 0.4) is 0 Å². The summed E-state index contributed by atoms with van der Waals surface area (Å²) in [5.41, 5.74) is 0.647. The van der Waals surface area contributed by atoms with Gasteiger partial charge in [-0.05, 0) is 41.5 Å². The van der Waals surface area contributed by atoms with E-state index >= 15 is 0 Å². The van der Waals surface area contributed by atoms with Crippen LogP contribution in [0.5, 0.6) is 11.5 Å². The van der Waals surface area contributed by atoms with E-state index in [0.717, 1.165) is 16.7 Å². The van der Waals surface area contributed by atoms with Gasteiger partial charge in [0.2, 0.25) is 0 Å². The molecule has 0 saturated carbocycles. The van der Waals surface area contributed by atoms with E-state index in [4.69, 9.17) is 14.2 Å². The number of carbonyl (C=O) groups excluding carboxylic acids is 3. The summed E-state index contributed by atoms with van der Waals surface area (Å²) in [6, 6.07) is 5.13. The molecule has 0 radical (unpaired) electrons. The van der Waals surface area contributed by atoms with E-state index in [9.17, 15) is 14.4 Å². The van der Waals surface area contributed by atoms with Crippen molar-refractivity contribution in [2.75, 3.05) is 27.4 Å². The largest absolute Gasteiger partial charge is 0.497 e. The highest BCUT2D eigenvalue weighted by Crippen LogP contribution is 2.33. The van der Waals surface area contributed by atoms with Crippen molar-refractivity contribution in [3.63, 3.8) is 0 Å². The Morgan fingerprint density at radius 3 is 2.31 bits per heavy atom. The number of rotatable bonds is 7. The smallest absolute Gasteiger partial charge is 0.326 e. The molecule has 0 unspecified atom stereocenters. The van der Waals surface area contributed by atoms with Crippen LogP contribution in [0.15, 0.2) is 23.1 Å². The number of esters is 1. The fourth-order valence-corrected chi connectivity index (χ4v) is 2.97. The van der Waals surface area contributed by atoms with Gasteiger partial charge in [0, 0.05) is 6.07 Å². The Bertz CT molecular complexity index is 721. The first-order valence-electron chi connectivity index (χ1n) is 7.98. The summed E-state index contributed by atoms with van der Waals surface area (Å²) in [4.78, 5) is 37.4. The van der Waals surface area contributed by atoms with E-state index in [0.29, 0.717) is 17.1 Å². The van der Waals surface area contributed by atoms with Gasteiger partial charge in [-0.15, -0.1) is 0 Å². The molecule has 1 aliphatic heterocycles. The molecule has 1 aliphatic rings. The lowest BCUT2D eigenvalue weighted by atomic mass is 10.2. The molecule has 1 aromatic carbocycles. The highest BCUT2D eigenvalue weighted by molar-refractivity contribution is 8.18. The van der Waals surface area contributed by atoms with E-state index in [-0.39, 0.29) is 17.4 Å². The van der Waals surface area contributed by atoms with Crippen LogP contribution in [-0.4, -0.2) is 49.4 Å². The summed E-state index contributed by atoms with van der Waals surface area (Å²) >= 11 is 0.779. The third-order valence-corrected chi connectivity index (χ3v) is 4.32. The van der Waals surface area contributed by atoms with Crippen molar-refractivity contribution in [3.05, 3.63) is 28.7 Å². The highest BCUT2D eigenvalue weighted by atomic mass is 32.2. The monoisotopic (exact) mass is 379 g/mol. The summed E-state index contributed by atoms with van der Waals surface area (Å²) < 4.78 is 15.4. The Morgan fingerprint density at radius 2 is 1.77 bits per heavy atom. The molecule has 2 amide bonds. The number of hydrogen-bond donors (Lipinski definition) is 0. The van der Waals surface area contributed by atoms with Gasteiger partial charge in [0.05, 0.1) is 25.7 Å². The number of methoxy groups -OCH3 is 2. The maximum Gasteiger partial charge on any atom is 0.326 e. The van der Waals surface area contributed by atoms with Gasteiger partial charge >= 0.3 is 5.97 Å². The lowest BCUT2D eigenvalue weighted by Crippen LogP contribution is -2.34. The summed E-state index contributed by atoms with van der Waals surface area (Å²) in [5, 5.41) is -0.502. The quantitative estimate of drug-likeness (QED) is 0.532. The van der Waals surface area contributed by atoms with E-state index in [2.05, 4.69) is 0 Å². The molecule has 1 aromatic rings. The number of thioether (sulfide) groups is 1. The van der Waals surface area contributed by atoms with Gasteiger partial charge < -0.3 is 14.2 Å². The summed E-state index contributed by atoms with van der Waals surface area (Å²) in [6.07, 6.45) is 1.56. The normalized spacial score (nSPS) is 15.7. The zero-order valence-electron chi connectivity index (χ0n) is 15.1. The SMILES string of the molecule is COc1cc(/C=C2/SC(=O)N(CC(=O)OCC(C)C)C2=O)cc(OC)c1. The molecule has 1 heterocycles. The van der Waals surface area contributed by atoms with Crippen LogP contribution in [0, 0.1) is 5.92 Å². The topological polar surface area (TPSA) is 82.1 Å². The number of amides is 2. The molecule has 8 heteroatoms. The minimum Gasteiger partial charge on any atom is -0.497 e. The van der Waals surface area contributed by atoms with Gasteiger partial charge in [0.15, 0.2) is 0 Å². The van der Waals surface area contributed by atoms with Gasteiger partial charge in [0.25, 0.3) is 11.1 Å². The number of carbonyl (C=O) groups is 3. The van der Waals surface area contributed by atoms with Crippen LogP contribution in [0.2, 0.25) is 0 Å². The Kier molecular flexibility index (Phi) is 6.68. The maximum absolute atomic E-state index is 12.4. The molecule has 1 saturated heterocycles. The Hall–Kier alpha value is -2.48. The van der Waals surface area contributed by atoms with Crippen LogP contribution >= 0.6 is 11.8 Å². The van der Waals surface area contributed by atoms with Crippen molar-refractivity contribution in [1.82, 2.24) is 4.90 Å². The molecule has 2 rings (SSSR count). The fourth-order valence-electron chi connectivity index (χ4n) is 2.13. The zero-order chi connectivity index (χ0) is 19.3. The van der Waals surface area contributed by atoms with Crippen molar-refractivity contribution in [3.8, 4) is 11.5 Å². The van der Waals surface area contributed by atoms with Crippen LogP contribution in [0.25, 0.3) is 6.08 Å². The Labute approximate surface area is 156 Å². The van der Waals surface area contributed by atoms with E-state index in [1.165, 1.54) is 14.2 Å². The molecule has 0 N–H and O–H groups in total. The Balaban J connectivity index is 2.15. The number of imide groups is 1. The first-order chi connectivity index (χ1) is 12.3. The van der Waals surface area contributed by atoms with E-state index in [1.54, 1.807) is 24.3 Å². The van der Waals surface area contributed by atoms with Crippen molar-refractivity contribution in [1.29, 1.82) is 0 Å². The third kappa shape index (κ3) is 5.01. The molecule has 0 bridgehead atoms. The lowest BCUT2D eigenvalue weighted by molar-refractivity contribution is -0.147. The van der Waals surface area contributed by atoms with Crippen LogP contribution in [-0.2, 0) is 14.3 Å². The molecule has 140 valence electrons. The first-order valence-corrected chi connectivity index (χ1v) is 8.79. The van der Waals surface area contributed by atoms with Crippen LogP contribution < -0.4 is 9.47 Å². The first kappa shape index (κ1) is 19.8. The van der Waals surface area contributed by atoms with Crippen molar-refractivity contribution in [2.45, 2.75) is 13.8 Å². The molecule has 0 spiro atoms. The second-order valence-electron chi connectivity index (χ2n) is 5.99. The molecule has 1 fully saturated rings. The molecule has 7 nitrogen and oxygen atoms in total. The molecule has 26 heavy (non-hydrogen) atoms. The predicted octanol–water partition coefficient (Wildman–Crippen LogP) is 2.94. The van der Waals surface area contributed by atoms with Gasteiger partial charge in [-0.3, -0.25) is 19.3 Å². The summed E-state index contributed by atoms with van der Waals surface area (Å²) in [7, 11) is 3.05. The average Bonchev–Trinajstić information content (AvgIpc) is 2.86. The standard InChI is InChI=1S/C18H21NO6S/c1-11(2)10-25-16(20)9-19-17(21)15(26-18(19)22)7-12-5-13(23-3)8-14(6-12)24-4/h5-8,11H,9-10H2,1-4H3/b15-7+. The van der Waals surface area contributed by atoms with Gasteiger partial charge in [0.1, 0.15) is 18.0 Å². The minimum absolute atomic E-state index is 0.178. The molecule has 0 aromatic heterocycles. The number of hydrogen-bond acceptors (Lipinski definition) is 7. The molecular weight excluding hydrogens is 358 g/mol. The molecule has 0 aliphatic carbocycles. The second-order valence-corrected chi connectivity index (χ2v) is 6.98. The van der Waals surface area contributed by atoms with Crippen LogP contribution in [0.1, 0.15) is 19.4 Å². The third-order valence-electron chi connectivity index (χ3n) is 3.41.